The molecule has 152 valence electrons. The predicted octanol–water partition coefficient (Wildman–Crippen LogP) is 2.90. The van der Waals surface area contributed by atoms with Crippen molar-refractivity contribution in [1.82, 2.24) is 20.6 Å². The van der Waals surface area contributed by atoms with Crippen LogP contribution >= 0.6 is 0 Å². The van der Waals surface area contributed by atoms with Crippen LogP contribution in [-0.4, -0.2) is 38.7 Å². The number of methoxy groups -OCH3 is 1. The third kappa shape index (κ3) is 4.81. The van der Waals surface area contributed by atoms with E-state index < -0.39 is 23.6 Å². The lowest BCUT2D eigenvalue weighted by Gasteiger charge is -2.15. The summed E-state index contributed by atoms with van der Waals surface area (Å²) < 4.78 is 43.8. The fourth-order valence-electron chi connectivity index (χ4n) is 2.71. The van der Waals surface area contributed by atoms with Crippen molar-refractivity contribution >= 4 is 11.6 Å². The number of benzene rings is 2. The molecule has 1 atom stereocenters. The van der Waals surface area contributed by atoms with Gasteiger partial charge in [0.25, 0.3) is 0 Å². The zero-order chi connectivity index (χ0) is 21.0. The number of tetrazole rings is 1. The van der Waals surface area contributed by atoms with Gasteiger partial charge in [-0.15, -0.1) is 10.2 Å². The lowest BCUT2D eigenvalue weighted by molar-refractivity contribution is -0.137. The highest BCUT2D eigenvalue weighted by Crippen LogP contribution is 2.32. The molecule has 29 heavy (non-hydrogen) atoms. The van der Waals surface area contributed by atoms with Crippen LogP contribution in [0.15, 0.2) is 42.5 Å². The van der Waals surface area contributed by atoms with Gasteiger partial charge in [0.15, 0.2) is 17.3 Å². The van der Waals surface area contributed by atoms with E-state index in [1.807, 2.05) is 0 Å². The van der Waals surface area contributed by atoms with Crippen molar-refractivity contribution in [1.29, 1.82) is 0 Å². The van der Waals surface area contributed by atoms with Crippen molar-refractivity contribution in [2.24, 2.45) is 0 Å². The van der Waals surface area contributed by atoms with Gasteiger partial charge in [-0.1, -0.05) is 17.3 Å². The number of anilines is 1. The van der Waals surface area contributed by atoms with E-state index in [1.54, 1.807) is 12.1 Å². The summed E-state index contributed by atoms with van der Waals surface area (Å²) in [6, 6.07) is 8.84. The van der Waals surface area contributed by atoms with E-state index in [0.717, 1.165) is 12.1 Å². The Morgan fingerprint density at radius 3 is 2.72 bits per heavy atom. The molecule has 0 aliphatic heterocycles. The Morgan fingerprint density at radius 2 is 2.07 bits per heavy atom. The van der Waals surface area contributed by atoms with Gasteiger partial charge in [-0.3, -0.25) is 4.79 Å². The van der Waals surface area contributed by atoms with Gasteiger partial charge in [0, 0.05) is 5.69 Å². The molecular weight excluding hydrogens is 391 g/mol. The summed E-state index contributed by atoms with van der Waals surface area (Å²) in [7, 11) is 1.38. The van der Waals surface area contributed by atoms with Crippen molar-refractivity contribution in [3.63, 3.8) is 0 Å². The minimum Gasteiger partial charge on any atom is -0.504 e. The van der Waals surface area contributed by atoms with Crippen molar-refractivity contribution in [2.45, 2.75) is 18.5 Å². The number of rotatable bonds is 6. The van der Waals surface area contributed by atoms with Gasteiger partial charge in [0.2, 0.25) is 5.91 Å². The minimum atomic E-state index is -4.53. The average Bonchev–Trinajstić information content (AvgIpc) is 3.21. The zero-order valence-electron chi connectivity index (χ0n) is 15.1. The van der Waals surface area contributed by atoms with Crippen LogP contribution in [0.2, 0.25) is 0 Å². The second kappa shape index (κ2) is 8.17. The highest BCUT2D eigenvalue weighted by Gasteiger charge is 2.31. The van der Waals surface area contributed by atoms with E-state index in [9.17, 15) is 23.1 Å². The van der Waals surface area contributed by atoms with Gasteiger partial charge < -0.3 is 15.2 Å². The summed E-state index contributed by atoms with van der Waals surface area (Å²) in [5.41, 5.74) is -0.273. The number of nitrogens with zero attached hydrogens (tertiary/aromatic N) is 3. The maximum Gasteiger partial charge on any atom is 0.416 e. The number of hydrogen-bond acceptors (Lipinski definition) is 6. The normalized spacial score (nSPS) is 12.4. The smallest absolute Gasteiger partial charge is 0.416 e. The standard InChI is InChI=1S/C18H16F3N5O3/c1-29-15-8-10(5-6-14(15)27)7-13(16-23-25-26-24-16)17(28)22-12-4-2-3-11(9-12)18(19,20)21/h2-6,8-9,13,27H,7H2,1H3,(H,22,28)(H,23,24,25,26)/t13-/m1/s1. The fourth-order valence-corrected chi connectivity index (χ4v) is 2.71. The average molecular weight is 407 g/mol. The maximum absolute atomic E-state index is 12.9. The van der Waals surface area contributed by atoms with E-state index >= 15 is 0 Å². The van der Waals surface area contributed by atoms with Crippen LogP contribution in [0, 0.1) is 0 Å². The molecule has 0 bridgehead atoms. The molecule has 3 rings (SSSR count). The second-order valence-corrected chi connectivity index (χ2v) is 6.10. The number of phenols is 1. The molecule has 0 saturated heterocycles. The Morgan fingerprint density at radius 1 is 1.28 bits per heavy atom. The number of ether oxygens (including phenoxy) is 1. The summed E-state index contributed by atoms with van der Waals surface area (Å²) in [5.74, 6) is -1.34. The molecule has 0 spiro atoms. The van der Waals surface area contributed by atoms with E-state index in [2.05, 4.69) is 25.9 Å². The molecule has 1 amide bonds. The predicted molar refractivity (Wildman–Crippen MR) is 95.4 cm³/mol. The quantitative estimate of drug-likeness (QED) is 0.579. The van der Waals surface area contributed by atoms with Crippen LogP contribution < -0.4 is 10.1 Å². The minimum absolute atomic E-state index is 0.0124. The van der Waals surface area contributed by atoms with Gasteiger partial charge in [-0.25, -0.2) is 0 Å². The Balaban J connectivity index is 1.85. The summed E-state index contributed by atoms with van der Waals surface area (Å²) >= 11 is 0. The first-order valence-electron chi connectivity index (χ1n) is 8.35. The van der Waals surface area contributed by atoms with Crippen molar-refractivity contribution in [3.8, 4) is 11.5 Å². The number of hydrogen-bond donors (Lipinski definition) is 3. The molecule has 0 aliphatic carbocycles. The maximum atomic E-state index is 12.9. The SMILES string of the molecule is COc1cc(C[C@@H](C(=O)Nc2cccc(C(F)(F)F)c2)c2nn[nH]n2)ccc1O. The molecule has 0 unspecified atom stereocenters. The molecule has 2 aromatic carbocycles. The van der Waals surface area contributed by atoms with Crippen molar-refractivity contribution in [2.75, 3.05) is 12.4 Å². The molecule has 0 saturated carbocycles. The zero-order valence-corrected chi connectivity index (χ0v) is 15.1. The number of carbonyl (C=O) groups is 1. The number of aromatic nitrogens is 4. The Hall–Kier alpha value is -3.63. The molecule has 3 aromatic rings. The highest BCUT2D eigenvalue weighted by atomic mass is 19.4. The Kier molecular flexibility index (Phi) is 5.66. The summed E-state index contributed by atoms with van der Waals surface area (Å²) in [4.78, 5) is 12.8. The van der Waals surface area contributed by atoms with Crippen LogP contribution in [0.25, 0.3) is 0 Å². The monoisotopic (exact) mass is 407 g/mol. The molecule has 0 aliphatic rings. The van der Waals surface area contributed by atoms with Crippen LogP contribution in [-0.2, 0) is 17.4 Å². The van der Waals surface area contributed by atoms with Crippen LogP contribution in [0.5, 0.6) is 11.5 Å². The molecule has 1 heterocycles. The van der Waals surface area contributed by atoms with Crippen molar-refractivity contribution < 1.29 is 27.8 Å². The first-order valence-corrected chi connectivity index (χ1v) is 8.35. The lowest BCUT2D eigenvalue weighted by Crippen LogP contribution is -2.24. The fraction of sp³-hybridized carbons (Fsp3) is 0.222. The van der Waals surface area contributed by atoms with Crippen LogP contribution in [0.4, 0.5) is 18.9 Å². The number of H-pyrrole nitrogens is 1. The third-order valence-electron chi connectivity index (χ3n) is 4.13. The summed E-state index contributed by atoms with van der Waals surface area (Å²) in [6.45, 7) is 0. The molecule has 0 radical (unpaired) electrons. The Labute approximate surface area is 162 Å². The first-order chi connectivity index (χ1) is 13.8. The van der Waals surface area contributed by atoms with E-state index in [0.29, 0.717) is 5.56 Å². The number of amides is 1. The topological polar surface area (TPSA) is 113 Å². The van der Waals surface area contributed by atoms with E-state index in [-0.39, 0.29) is 29.4 Å². The van der Waals surface area contributed by atoms with Crippen LogP contribution in [0.3, 0.4) is 0 Å². The molecule has 8 nitrogen and oxygen atoms in total. The number of alkyl halides is 3. The second-order valence-electron chi connectivity index (χ2n) is 6.10. The van der Waals surface area contributed by atoms with Crippen LogP contribution in [0.1, 0.15) is 22.9 Å². The molecule has 11 heteroatoms. The molecule has 3 N–H and O–H groups in total. The Bertz CT molecular complexity index is 993. The molecular formula is C18H16F3N5O3. The number of aromatic amines is 1. The molecule has 1 aromatic heterocycles. The summed E-state index contributed by atoms with van der Waals surface area (Å²) in [5, 5.41) is 25.5. The van der Waals surface area contributed by atoms with Gasteiger partial charge in [0.05, 0.1) is 12.7 Å². The van der Waals surface area contributed by atoms with E-state index in [4.69, 9.17) is 4.74 Å². The number of aromatic hydroxyl groups is 1. The van der Waals surface area contributed by atoms with Gasteiger partial charge >= 0.3 is 6.18 Å². The van der Waals surface area contributed by atoms with E-state index in [1.165, 1.54) is 25.3 Å². The lowest BCUT2D eigenvalue weighted by atomic mass is 9.97. The number of carbonyl (C=O) groups excluding carboxylic acids is 1. The molecule has 0 fully saturated rings. The number of nitrogens with one attached hydrogen (secondary N) is 2. The number of halogens is 3. The van der Waals surface area contributed by atoms with Gasteiger partial charge in [-0.05, 0) is 42.3 Å². The van der Waals surface area contributed by atoms with Gasteiger partial charge in [0.1, 0.15) is 5.92 Å². The van der Waals surface area contributed by atoms with Gasteiger partial charge in [-0.2, -0.15) is 18.4 Å². The number of phenolic OH excluding ortho intramolecular Hbond substituents is 1. The largest absolute Gasteiger partial charge is 0.504 e. The van der Waals surface area contributed by atoms with Crippen molar-refractivity contribution in [3.05, 3.63) is 59.4 Å². The summed E-state index contributed by atoms with van der Waals surface area (Å²) in [6.07, 6.45) is -4.43. The first kappa shape index (κ1) is 20.1. The highest BCUT2D eigenvalue weighted by molar-refractivity contribution is 5.95. The third-order valence-corrected chi connectivity index (χ3v) is 4.13.